The summed E-state index contributed by atoms with van der Waals surface area (Å²) in [6.07, 6.45) is 6.57. The van der Waals surface area contributed by atoms with Crippen molar-refractivity contribution < 1.29 is 36.9 Å². The number of ether oxygens (including phenoxy) is 4. The van der Waals surface area contributed by atoms with Gasteiger partial charge in [0.1, 0.15) is 5.75 Å². The van der Waals surface area contributed by atoms with Crippen LogP contribution in [-0.4, -0.2) is 39.1 Å². The van der Waals surface area contributed by atoms with Crippen LogP contribution in [0.3, 0.4) is 0 Å². The van der Waals surface area contributed by atoms with E-state index in [1.807, 2.05) is 24.3 Å². The van der Waals surface area contributed by atoms with Gasteiger partial charge in [-0.15, -0.1) is 6.42 Å². The molecule has 0 aliphatic carbocycles. The molecule has 0 bridgehead atoms. The summed E-state index contributed by atoms with van der Waals surface area (Å²) in [6, 6.07) is 14.3. The van der Waals surface area contributed by atoms with Gasteiger partial charge in [0, 0.05) is 19.3 Å². The van der Waals surface area contributed by atoms with E-state index in [1.54, 1.807) is 13.2 Å². The van der Waals surface area contributed by atoms with Gasteiger partial charge < -0.3 is 18.9 Å². The van der Waals surface area contributed by atoms with Crippen molar-refractivity contribution in [1.29, 1.82) is 0 Å². The third-order valence-corrected chi connectivity index (χ3v) is 5.72. The molecule has 2 aromatic carbocycles. The van der Waals surface area contributed by atoms with Crippen molar-refractivity contribution in [3.8, 4) is 18.1 Å². The summed E-state index contributed by atoms with van der Waals surface area (Å²) in [5, 5.41) is 0. The molecule has 0 radical (unpaired) electrons. The number of allylic oxidation sites excluding steroid dienone is 1. The molecular formula is C29H33F3O5. The molecule has 0 N–H and O–H groups in total. The van der Waals surface area contributed by atoms with Crippen LogP contribution in [0.15, 0.2) is 66.7 Å². The maximum absolute atomic E-state index is 14.0. The number of unbranched alkanes of at least 4 members (excludes halogenated alkanes) is 4. The molecule has 2 aromatic rings. The Morgan fingerprint density at radius 2 is 1.68 bits per heavy atom. The van der Waals surface area contributed by atoms with Crippen LogP contribution in [0.4, 0.5) is 13.2 Å². The van der Waals surface area contributed by atoms with Crippen LogP contribution in [0.5, 0.6) is 5.75 Å². The van der Waals surface area contributed by atoms with Gasteiger partial charge in [-0.05, 0) is 43.0 Å². The molecule has 0 aliphatic heterocycles. The van der Waals surface area contributed by atoms with E-state index >= 15 is 0 Å². The number of rotatable bonds is 15. The Morgan fingerprint density at radius 1 is 1.00 bits per heavy atom. The summed E-state index contributed by atoms with van der Waals surface area (Å²) in [5.41, 5.74) is -2.58. The summed E-state index contributed by atoms with van der Waals surface area (Å²) in [4.78, 5) is 12.7. The van der Waals surface area contributed by atoms with Crippen molar-refractivity contribution in [2.24, 2.45) is 0 Å². The molecule has 200 valence electrons. The van der Waals surface area contributed by atoms with E-state index < -0.39 is 23.9 Å². The molecule has 5 nitrogen and oxygen atoms in total. The second-order valence-electron chi connectivity index (χ2n) is 8.27. The van der Waals surface area contributed by atoms with E-state index in [4.69, 9.17) is 25.4 Å². The Morgan fingerprint density at radius 3 is 2.27 bits per heavy atom. The zero-order valence-corrected chi connectivity index (χ0v) is 21.1. The van der Waals surface area contributed by atoms with Gasteiger partial charge in [-0.1, -0.05) is 67.3 Å². The molecule has 0 heterocycles. The molecule has 0 unspecified atom stereocenters. The number of carbonyl (C=O) groups is 1. The quantitative estimate of drug-likeness (QED) is 0.119. The van der Waals surface area contributed by atoms with E-state index in [0.29, 0.717) is 19.6 Å². The second-order valence-corrected chi connectivity index (χ2v) is 8.27. The predicted molar refractivity (Wildman–Crippen MR) is 135 cm³/mol. The minimum Gasteiger partial charge on any atom is -0.497 e. The van der Waals surface area contributed by atoms with Gasteiger partial charge in [0.25, 0.3) is 5.60 Å². The average molecular weight is 519 g/mol. The summed E-state index contributed by atoms with van der Waals surface area (Å²) in [6.45, 7) is 1.20. The van der Waals surface area contributed by atoms with Gasteiger partial charge in [0.05, 0.1) is 13.7 Å². The smallest absolute Gasteiger partial charge is 0.432 e. The molecule has 0 saturated heterocycles. The van der Waals surface area contributed by atoms with Crippen LogP contribution >= 0.6 is 0 Å². The Labute approximate surface area is 216 Å². The molecule has 2 atom stereocenters. The van der Waals surface area contributed by atoms with Crippen molar-refractivity contribution in [1.82, 2.24) is 0 Å². The fourth-order valence-corrected chi connectivity index (χ4v) is 3.67. The number of methoxy groups -OCH3 is 2. The summed E-state index contributed by atoms with van der Waals surface area (Å²) >= 11 is 0. The average Bonchev–Trinajstić information content (AvgIpc) is 2.89. The van der Waals surface area contributed by atoms with Crippen LogP contribution in [-0.2, 0) is 31.2 Å². The minimum atomic E-state index is -5.05. The van der Waals surface area contributed by atoms with Crippen molar-refractivity contribution in [2.45, 2.75) is 56.6 Å². The van der Waals surface area contributed by atoms with Gasteiger partial charge in [0.2, 0.25) is 0 Å². The van der Waals surface area contributed by atoms with Crippen LogP contribution in [0, 0.1) is 12.3 Å². The molecular weight excluding hydrogens is 485 g/mol. The highest BCUT2D eigenvalue weighted by Crippen LogP contribution is 2.43. The first-order chi connectivity index (χ1) is 17.8. The van der Waals surface area contributed by atoms with Gasteiger partial charge in [0.15, 0.2) is 6.10 Å². The van der Waals surface area contributed by atoms with Crippen molar-refractivity contribution in [3.05, 3.63) is 77.9 Å². The minimum absolute atomic E-state index is 0.386. The van der Waals surface area contributed by atoms with Gasteiger partial charge in [-0.3, -0.25) is 0 Å². The number of benzene rings is 2. The van der Waals surface area contributed by atoms with E-state index in [-0.39, 0.29) is 5.56 Å². The van der Waals surface area contributed by atoms with Crippen LogP contribution in [0.1, 0.15) is 43.2 Å². The number of terminal acetylenes is 1. The third kappa shape index (κ3) is 8.66. The fourth-order valence-electron chi connectivity index (χ4n) is 3.67. The molecule has 0 aromatic heterocycles. The number of esters is 1. The van der Waals surface area contributed by atoms with E-state index in [1.165, 1.54) is 24.3 Å². The van der Waals surface area contributed by atoms with Crippen LogP contribution in [0.2, 0.25) is 0 Å². The third-order valence-electron chi connectivity index (χ3n) is 5.72. The van der Waals surface area contributed by atoms with Crippen molar-refractivity contribution >= 4 is 5.97 Å². The number of halogens is 3. The predicted octanol–water partition coefficient (Wildman–Crippen LogP) is 6.37. The van der Waals surface area contributed by atoms with Crippen molar-refractivity contribution in [3.63, 3.8) is 0 Å². The summed E-state index contributed by atoms with van der Waals surface area (Å²) in [7, 11) is 2.44. The Hall–Kier alpha value is -3.28. The first-order valence-electron chi connectivity index (χ1n) is 12.0. The lowest BCUT2D eigenvalue weighted by Crippen LogP contribution is -2.52. The van der Waals surface area contributed by atoms with Gasteiger partial charge >= 0.3 is 12.1 Å². The summed E-state index contributed by atoms with van der Waals surface area (Å²) in [5.74, 6) is 1.39. The number of hydrogen-bond donors (Lipinski definition) is 0. The van der Waals surface area contributed by atoms with E-state index in [2.05, 4.69) is 5.92 Å². The lowest BCUT2D eigenvalue weighted by molar-refractivity contribution is -0.276. The normalized spacial score (nSPS) is 14.1. The number of alkyl halides is 3. The molecule has 0 spiro atoms. The lowest BCUT2D eigenvalue weighted by atomic mass is 9.92. The molecule has 0 aliphatic rings. The van der Waals surface area contributed by atoms with E-state index in [9.17, 15) is 18.0 Å². The lowest BCUT2D eigenvalue weighted by Gasteiger charge is -2.32. The Bertz CT molecular complexity index is 1010. The highest BCUT2D eigenvalue weighted by atomic mass is 19.4. The highest BCUT2D eigenvalue weighted by Gasteiger charge is 2.64. The van der Waals surface area contributed by atoms with Crippen molar-refractivity contribution in [2.75, 3.05) is 20.8 Å². The number of hydrogen-bond acceptors (Lipinski definition) is 5. The van der Waals surface area contributed by atoms with Gasteiger partial charge in [-0.2, -0.15) is 13.2 Å². The first-order valence-corrected chi connectivity index (χ1v) is 12.0. The SMILES string of the molecule is C#C[C@H](/C=C/CCCCCCOCc1ccc(OC)cc1)OC(=O)[C@](OC)(c1ccccc1)C(F)(F)F. The van der Waals surface area contributed by atoms with Gasteiger partial charge in [-0.25, -0.2) is 4.79 Å². The maximum atomic E-state index is 14.0. The monoisotopic (exact) mass is 518 g/mol. The molecule has 0 saturated carbocycles. The molecule has 8 heteroatoms. The molecule has 0 amide bonds. The topological polar surface area (TPSA) is 54.0 Å². The maximum Gasteiger partial charge on any atom is 0.432 e. The number of carbonyl (C=O) groups excluding carboxylic acids is 1. The molecule has 37 heavy (non-hydrogen) atoms. The zero-order chi connectivity index (χ0) is 27.2. The molecule has 2 rings (SSSR count). The Balaban J connectivity index is 1.74. The molecule has 0 fully saturated rings. The zero-order valence-electron chi connectivity index (χ0n) is 21.1. The fraction of sp³-hybridized carbons (Fsp3) is 0.414. The highest BCUT2D eigenvalue weighted by molar-refractivity contribution is 5.83. The van der Waals surface area contributed by atoms with Crippen LogP contribution in [0.25, 0.3) is 0 Å². The first kappa shape index (κ1) is 29.9. The van der Waals surface area contributed by atoms with Crippen LogP contribution < -0.4 is 4.74 Å². The standard InChI is InChI=1S/C29H33F3O5/c1-4-25(37-27(33)28(35-3,29(30,31)32)24-14-10-9-11-15-24)16-12-7-5-6-8-13-21-36-22-23-17-19-26(34-2)20-18-23/h1,9-12,14-20,25H,5-8,13,21-22H2,2-3H3/b16-12+/t25-,28-/m1/s1. The Kier molecular flexibility index (Phi) is 12.2. The van der Waals surface area contributed by atoms with E-state index in [0.717, 1.165) is 56.2 Å². The summed E-state index contributed by atoms with van der Waals surface area (Å²) < 4.78 is 62.5. The largest absolute Gasteiger partial charge is 0.497 e. The second kappa shape index (κ2) is 15.1.